The predicted molar refractivity (Wildman–Crippen MR) is 102 cm³/mol. The molecule has 1 fully saturated rings. The molecule has 0 spiro atoms. The average molecular weight is 354 g/mol. The van der Waals surface area contributed by atoms with E-state index in [9.17, 15) is 0 Å². The molecular formula is C19H22N4OS. The number of ether oxygens (including phenoxy) is 1. The molecule has 1 aliphatic rings. The smallest absolute Gasteiger partial charge is 0.138 e. The molecule has 0 bridgehead atoms. The van der Waals surface area contributed by atoms with E-state index in [1.54, 1.807) is 17.7 Å². The van der Waals surface area contributed by atoms with Crippen molar-refractivity contribution in [3.05, 3.63) is 53.2 Å². The molecule has 2 aromatic heterocycles. The van der Waals surface area contributed by atoms with Crippen LogP contribution in [0.25, 0.3) is 10.2 Å². The van der Waals surface area contributed by atoms with Gasteiger partial charge in [-0.05, 0) is 23.9 Å². The van der Waals surface area contributed by atoms with Crippen LogP contribution in [0.2, 0.25) is 0 Å². The van der Waals surface area contributed by atoms with Crippen molar-refractivity contribution in [3.8, 4) is 0 Å². The summed E-state index contributed by atoms with van der Waals surface area (Å²) >= 11 is 1.64. The lowest BCUT2D eigenvalue weighted by Gasteiger charge is -2.31. The predicted octanol–water partition coefficient (Wildman–Crippen LogP) is 3.49. The number of hydrogen-bond acceptors (Lipinski definition) is 6. The van der Waals surface area contributed by atoms with Crippen LogP contribution >= 0.6 is 11.3 Å². The zero-order valence-electron chi connectivity index (χ0n) is 14.3. The summed E-state index contributed by atoms with van der Waals surface area (Å²) in [6.07, 6.45) is 1.64. The Balaban J connectivity index is 1.62. The number of hydrogen-bond donors (Lipinski definition) is 1. The zero-order chi connectivity index (χ0) is 17.1. The first kappa shape index (κ1) is 16.4. The van der Waals surface area contributed by atoms with E-state index in [1.807, 2.05) is 0 Å². The van der Waals surface area contributed by atoms with Gasteiger partial charge in [-0.1, -0.05) is 29.8 Å². The number of fused-ring (bicyclic) bond motifs is 1. The minimum atomic E-state index is 0.178. The van der Waals surface area contributed by atoms with Crippen LogP contribution in [-0.4, -0.2) is 47.7 Å². The third kappa shape index (κ3) is 3.81. The number of aromatic nitrogens is 2. The van der Waals surface area contributed by atoms with Gasteiger partial charge in [0.25, 0.3) is 0 Å². The van der Waals surface area contributed by atoms with Gasteiger partial charge in [0.2, 0.25) is 0 Å². The summed E-state index contributed by atoms with van der Waals surface area (Å²) in [6.45, 7) is 6.62. The molecule has 0 unspecified atom stereocenters. The normalized spacial score (nSPS) is 16.8. The van der Waals surface area contributed by atoms with Gasteiger partial charge in [0.1, 0.15) is 17.0 Å². The third-order valence-electron chi connectivity index (χ3n) is 4.60. The highest BCUT2D eigenvalue weighted by molar-refractivity contribution is 7.16. The van der Waals surface area contributed by atoms with Gasteiger partial charge >= 0.3 is 0 Å². The number of anilines is 1. The molecule has 1 N–H and O–H groups in total. The Kier molecular flexibility index (Phi) is 4.92. The molecule has 1 aliphatic heterocycles. The number of nitrogens with zero attached hydrogens (tertiary/aromatic N) is 3. The summed E-state index contributed by atoms with van der Waals surface area (Å²) in [4.78, 5) is 12.3. The highest BCUT2D eigenvalue weighted by atomic mass is 32.1. The van der Waals surface area contributed by atoms with Crippen molar-refractivity contribution in [2.75, 3.05) is 38.2 Å². The fourth-order valence-corrected chi connectivity index (χ4v) is 3.88. The van der Waals surface area contributed by atoms with Crippen LogP contribution in [0.4, 0.5) is 5.82 Å². The molecule has 6 heteroatoms. The zero-order valence-corrected chi connectivity index (χ0v) is 15.1. The van der Waals surface area contributed by atoms with Crippen molar-refractivity contribution >= 4 is 27.4 Å². The van der Waals surface area contributed by atoms with E-state index < -0.39 is 0 Å². The fourth-order valence-electron chi connectivity index (χ4n) is 3.15. The first-order valence-electron chi connectivity index (χ1n) is 8.61. The highest BCUT2D eigenvalue weighted by Crippen LogP contribution is 2.28. The van der Waals surface area contributed by atoms with E-state index in [0.717, 1.165) is 48.9 Å². The topological polar surface area (TPSA) is 50.3 Å². The number of nitrogens with one attached hydrogen (secondary N) is 1. The first-order valence-corrected chi connectivity index (χ1v) is 9.49. The fraction of sp³-hybridized carbons (Fsp3) is 0.368. The van der Waals surface area contributed by atoms with Gasteiger partial charge in [-0.2, -0.15) is 0 Å². The van der Waals surface area contributed by atoms with Crippen molar-refractivity contribution in [1.29, 1.82) is 0 Å². The lowest BCUT2D eigenvalue weighted by atomic mass is 10.0. The minimum absolute atomic E-state index is 0.178. The summed E-state index contributed by atoms with van der Waals surface area (Å²) < 4.78 is 5.49. The van der Waals surface area contributed by atoms with E-state index >= 15 is 0 Å². The van der Waals surface area contributed by atoms with Crippen molar-refractivity contribution in [3.63, 3.8) is 0 Å². The Hall–Kier alpha value is -2.02. The van der Waals surface area contributed by atoms with Gasteiger partial charge in [-0.15, -0.1) is 11.3 Å². The average Bonchev–Trinajstić information content (AvgIpc) is 3.12. The Bertz CT molecular complexity index is 827. The minimum Gasteiger partial charge on any atom is -0.379 e. The third-order valence-corrected chi connectivity index (χ3v) is 5.42. The Morgan fingerprint density at radius 3 is 2.76 bits per heavy atom. The Morgan fingerprint density at radius 2 is 1.96 bits per heavy atom. The number of benzene rings is 1. The van der Waals surface area contributed by atoms with Crippen LogP contribution in [0.5, 0.6) is 0 Å². The number of thiophene rings is 1. The molecule has 5 nitrogen and oxygen atoms in total. The quantitative estimate of drug-likeness (QED) is 0.760. The lowest BCUT2D eigenvalue weighted by Crippen LogP contribution is -2.40. The summed E-state index contributed by atoms with van der Waals surface area (Å²) in [5.74, 6) is 0.907. The standard InChI is InChI=1S/C19H22N4OS/c1-14-2-4-15(5-3-14)17(12-23-7-9-24-10-8-23)22-18-16-6-11-25-19(16)21-13-20-18/h2-6,11,13,17H,7-10,12H2,1H3,(H,20,21,22)/t17-/m0/s1. The van der Waals surface area contributed by atoms with Crippen LogP contribution in [-0.2, 0) is 4.74 Å². The summed E-state index contributed by atoms with van der Waals surface area (Å²) in [5, 5.41) is 6.82. The van der Waals surface area contributed by atoms with Crippen molar-refractivity contribution in [2.45, 2.75) is 13.0 Å². The molecule has 130 valence electrons. The number of morpholine rings is 1. The molecule has 1 saturated heterocycles. The molecule has 4 rings (SSSR count). The van der Waals surface area contributed by atoms with E-state index in [2.05, 4.69) is 62.8 Å². The van der Waals surface area contributed by atoms with Gasteiger partial charge < -0.3 is 10.1 Å². The van der Waals surface area contributed by atoms with Gasteiger partial charge in [-0.25, -0.2) is 9.97 Å². The SMILES string of the molecule is Cc1ccc([C@H](CN2CCOCC2)Nc2ncnc3sccc23)cc1. The van der Waals surface area contributed by atoms with Crippen LogP contribution in [0.1, 0.15) is 17.2 Å². The van der Waals surface area contributed by atoms with Crippen LogP contribution in [0.3, 0.4) is 0 Å². The summed E-state index contributed by atoms with van der Waals surface area (Å²) in [6, 6.07) is 11.0. The molecule has 0 aliphatic carbocycles. The molecule has 1 aromatic carbocycles. The van der Waals surface area contributed by atoms with Crippen LogP contribution in [0, 0.1) is 6.92 Å². The highest BCUT2D eigenvalue weighted by Gasteiger charge is 2.19. The maximum atomic E-state index is 5.49. The molecular weight excluding hydrogens is 332 g/mol. The lowest BCUT2D eigenvalue weighted by molar-refractivity contribution is 0.0361. The Morgan fingerprint density at radius 1 is 1.16 bits per heavy atom. The maximum Gasteiger partial charge on any atom is 0.138 e. The first-order chi connectivity index (χ1) is 12.3. The second kappa shape index (κ2) is 7.47. The van der Waals surface area contributed by atoms with E-state index in [0.29, 0.717) is 0 Å². The molecule has 0 saturated carbocycles. The van der Waals surface area contributed by atoms with Crippen molar-refractivity contribution in [1.82, 2.24) is 14.9 Å². The largest absolute Gasteiger partial charge is 0.379 e. The van der Waals surface area contributed by atoms with Gasteiger partial charge in [0.05, 0.1) is 24.6 Å². The molecule has 3 aromatic rings. The van der Waals surface area contributed by atoms with E-state index in [-0.39, 0.29) is 6.04 Å². The van der Waals surface area contributed by atoms with Crippen molar-refractivity contribution in [2.24, 2.45) is 0 Å². The summed E-state index contributed by atoms with van der Waals surface area (Å²) in [5.41, 5.74) is 2.55. The van der Waals surface area contributed by atoms with Gasteiger partial charge in [-0.3, -0.25) is 4.90 Å². The van der Waals surface area contributed by atoms with E-state index in [4.69, 9.17) is 4.74 Å². The monoisotopic (exact) mass is 354 g/mol. The molecule has 0 amide bonds. The second-order valence-electron chi connectivity index (χ2n) is 6.38. The molecule has 1 atom stereocenters. The van der Waals surface area contributed by atoms with E-state index in [1.165, 1.54) is 11.1 Å². The number of aryl methyl sites for hydroxylation is 1. The van der Waals surface area contributed by atoms with Crippen LogP contribution < -0.4 is 5.32 Å². The maximum absolute atomic E-state index is 5.49. The van der Waals surface area contributed by atoms with Gasteiger partial charge in [0, 0.05) is 19.6 Å². The number of rotatable bonds is 5. The molecule has 25 heavy (non-hydrogen) atoms. The van der Waals surface area contributed by atoms with Gasteiger partial charge in [0.15, 0.2) is 0 Å². The summed E-state index contributed by atoms with van der Waals surface area (Å²) in [7, 11) is 0. The molecule has 3 heterocycles. The van der Waals surface area contributed by atoms with Crippen molar-refractivity contribution < 1.29 is 4.74 Å². The second-order valence-corrected chi connectivity index (χ2v) is 7.28. The Labute approximate surface area is 151 Å². The van der Waals surface area contributed by atoms with Crippen LogP contribution in [0.15, 0.2) is 42.0 Å². The molecule has 0 radical (unpaired) electrons.